The molecule has 1 aliphatic rings. The molecule has 1 heterocycles. The second kappa shape index (κ2) is 6.75. The number of nitrogens with one attached hydrogen (secondary N) is 1. The van der Waals surface area contributed by atoms with Gasteiger partial charge in [0, 0.05) is 25.2 Å². The van der Waals surface area contributed by atoms with Gasteiger partial charge in [0.15, 0.2) is 0 Å². The molecular weight excluding hydrogens is 310 g/mol. The van der Waals surface area contributed by atoms with Crippen molar-refractivity contribution in [2.75, 3.05) is 13.1 Å². The molecule has 1 N–H and O–H groups in total. The Balaban J connectivity index is 0.00000220. The lowest BCUT2D eigenvalue weighted by molar-refractivity contribution is 0.244. The summed E-state index contributed by atoms with van der Waals surface area (Å²) in [6.45, 7) is 6.69. The molecule has 0 aliphatic carbocycles. The Morgan fingerprint density at radius 1 is 1.38 bits per heavy atom. The second-order valence-corrected chi connectivity index (χ2v) is 7.18. The largest absolute Gasteiger partial charge is 0.311 e. The molecule has 2 atom stereocenters. The number of benzene rings is 1. The minimum atomic E-state index is -3.57. The molecule has 2 unspecified atom stereocenters. The minimum absolute atomic E-state index is 0. The van der Waals surface area contributed by atoms with Crippen LogP contribution in [0.2, 0.25) is 0 Å². The van der Waals surface area contributed by atoms with Crippen molar-refractivity contribution in [1.29, 1.82) is 5.26 Å². The Hall–Kier alpha value is -1.13. The van der Waals surface area contributed by atoms with Crippen molar-refractivity contribution >= 4 is 22.4 Å². The summed E-state index contributed by atoms with van der Waals surface area (Å²) in [5.74, 6) is 0. The van der Waals surface area contributed by atoms with Crippen molar-refractivity contribution in [2.45, 2.75) is 37.8 Å². The predicted molar refractivity (Wildman–Crippen MR) is 84.0 cm³/mol. The fourth-order valence-electron chi connectivity index (χ4n) is 2.40. The molecule has 0 spiro atoms. The van der Waals surface area contributed by atoms with Gasteiger partial charge in [-0.1, -0.05) is 6.07 Å². The first-order valence-electron chi connectivity index (χ1n) is 6.62. The van der Waals surface area contributed by atoms with Crippen molar-refractivity contribution in [3.05, 3.63) is 29.3 Å². The first kappa shape index (κ1) is 17.9. The van der Waals surface area contributed by atoms with Gasteiger partial charge in [-0.2, -0.15) is 9.57 Å². The zero-order valence-corrected chi connectivity index (χ0v) is 14.0. The quantitative estimate of drug-likeness (QED) is 0.895. The molecule has 116 valence electrons. The van der Waals surface area contributed by atoms with Gasteiger partial charge in [-0.05, 0) is 38.5 Å². The summed E-state index contributed by atoms with van der Waals surface area (Å²) < 4.78 is 27.2. The van der Waals surface area contributed by atoms with Crippen LogP contribution in [0.1, 0.15) is 25.0 Å². The molecule has 5 nitrogen and oxygen atoms in total. The van der Waals surface area contributed by atoms with E-state index in [1.54, 1.807) is 19.1 Å². The Morgan fingerprint density at radius 2 is 2.05 bits per heavy atom. The van der Waals surface area contributed by atoms with Crippen LogP contribution in [0, 0.1) is 18.3 Å². The van der Waals surface area contributed by atoms with E-state index in [-0.39, 0.29) is 29.4 Å². The van der Waals surface area contributed by atoms with E-state index in [1.165, 1.54) is 10.4 Å². The molecule has 0 aromatic heterocycles. The number of hydrogen-bond acceptors (Lipinski definition) is 4. The highest BCUT2D eigenvalue weighted by atomic mass is 35.5. The fourth-order valence-corrected chi connectivity index (χ4v) is 4.37. The third kappa shape index (κ3) is 3.55. The highest BCUT2D eigenvalue weighted by Crippen LogP contribution is 2.24. The lowest BCUT2D eigenvalue weighted by Crippen LogP contribution is -2.56. The van der Waals surface area contributed by atoms with E-state index < -0.39 is 10.0 Å². The van der Waals surface area contributed by atoms with Crippen LogP contribution in [0.4, 0.5) is 0 Å². The smallest absolute Gasteiger partial charge is 0.243 e. The van der Waals surface area contributed by atoms with Crippen LogP contribution in [0.25, 0.3) is 0 Å². The summed E-state index contributed by atoms with van der Waals surface area (Å²) in [5.41, 5.74) is 1.03. The number of sulfonamides is 1. The maximum Gasteiger partial charge on any atom is 0.243 e. The Kier molecular flexibility index (Phi) is 5.76. The summed E-state index contributed by atoms with van der Waals surface area (Å²) in [6, 6.07) is 6.81. The maximum atomic E-state index is 12.8. The Morgan fingerprint density at radius 3 is 2.67 bits per heavy atom. The molecule has 1 fully saturated rings. The van der Waals surface area contributed by atoms with Crippen molar-refractivity contribution in [1.82, 2.24) is 9.62 Å². The van der Waals surface area contributed by atoms with E-state index in [2.05, 4.69) is 5.32 Å². The van der Waals surface area contributed by atoms with E-state index >= 15 is 0 Å². The van der Waals surface area contributed by atoms with Crippen LogP contribution in [0.15, 0.2) is 23.1 Å². The molecule has 0 radical (unpaired) electrons. The van der Waals surface area contributed by atoms with Crippen molar-refractivity contribution in [3.8, 4) is 6.07 Å². The summed E-state index contributed by atoms with van der Waals surface area (Å²) in [6.07, 6.45) is 0. The van der Waals surface area contributed by atoms with Crippen LogP contribution in [0.3, 0.4) is 0 Å². The summed E-state index contributed by atoms with van der Waals surface area (Å²) in [7, 11) is -3.57. The third-order valence-corrected chi connectivity index (χ3v) is 5.73. The van der Waals surface area contributed by atoms with E-state index in [4.69, 9.17) is 5.26 Å². The van der Waals surface area contributed by atoms with Gasteiger partial charge in [-0.15, -0.1) is 12.4 Å². The molecule has 1 aromatic carbocycles. The Bertz CT molecular complexity index is 655. The maximum absolute atomic E-state index is 12.8. The predicted octanol–water partition coefficient (Wildman–Crippen LogP) is 1.66. The third-order valence-electron chi connectivity index (χ3n) is 3.61. The number of hydrogen-bond donors (Lipinski definition) is 1. The standard InChI is InChI=1S/C14H19N3O2S.ClH/c1-10-4-5-13(7-15)6-14(10)20(18,19)17-9-11(2)16-8-12(17)3;/h4-6,11-12,16H,8-9H2,1-3H3;1H. The number of rotatable bonds is 2. The van der Waals surface area contributed by atoms with Crippen LogP contribution in [-0.4, -0.2) is 37.9 Å². The van der Waals surface area contributed by atoms with Crippen LogP contribution >= 0.6 is 12.4 Å². The molecule has 1 saturated heterocycles. The van der Waals surface area contributed by atoms with Crippen molar-refractivity contribution < 1.29 is 8.42 Å². The van der Waals surface area contributed by atoms with E-state index in [1.807, 2.05) is 19.9 Å². The molecule has 2 rings (SSSR count). The normalized spacial score (nSPS) is 23.1. The second-order valence-electron chi connectivity index (χ2n) is 5.33. The number of aryl methyl sites for hydroxylation is 1. The summed E-state index contributed by atoms with van der Waals surface area (Å²) in [4.78, 5) is 0.234. The summed E-state index contributed by atoms with van der Waals surface area (Å²) in [5, 5.41) is 12.2. The van der Waals surface area contributed by atoms with Crippen molar-refractivity contribution in [3.63, 3.8) is 0 Å². The van der Waals surface area contributed by atoms with Crippen LogP contribution in [0.5, 0.6) is 0 Å². The van der Waals surface area contributed by atoms with Gasteiger partial charge in [0.25, 0.3) is 0 Å². The fraction of sp³-hybridized carbons (Fsp3) is 0.500. The lowest BCUT2D eigenvalue weighted by atomic mass is 10.2. The average Bonchev–Trinajstić information content (AvgIpc) is 2.41. The zero-order chi connectivity index (χ0) is 14.9. The van der Waals surface area contributed by atoms with Gasteiger partial charge in [0.2, 0.25) is 10.0 Å². The number of halogens is 1. The molecule has 0 amide bonds. The molecule has 0 bridgehead atoms. The van der Waals surface area contributed by atoms with Gasteiger partial charge in [-0.25, -0.2) is 8.42 Å². The van der Waals surface area contributed by atoms with E-state index in [0.717, 1.165) is 0 Å². The minimum Gasteiger partial charge on any atom is -0.311 e. The van der Waals surface area contributed by atoms with Gasteiger partial charge < -0.3 is 5.32 Å². The number of nitriles is 1. The van der Waals surface area contributed by atoms with Gasteiger partial charge in [-0.3, -0.25) is 0 Å². The molecule has 7 heteroatoms. The average molecular weight is 330 g/mol. The molecular formula is C14H20ClN3O2S. The molecule has 1 aromatic rings. The van der Waals surface area contributed by atoms with Crippen molar-refractivity contribution in [2.24, 2.45) is 0 Å². The van der Waals surface area contributed by atoms with E-state index in [9.17, 15) is 8.42 Å². The highest BCUT2D eigenvalue weighted by molar-refractivity contribution is 7.89. The molecule has 21 heavy (non-hydrogen) atoms. The zero-order valence-electron chi connectivity index (χ0n) is 12.3. The molecule has 1 aliphatic heterocycles. The van der Waals surface area contributed by atoms with Gasteiger partial charge in [0.1, 0.15) is 0 Å². The van der Waals surface area contributed by atoms with Gasteiger partial charge in [0.05, 0.1) is 16.5 Å². The monoisotopic (exact) mass is 329 g/mol. The SMILES string of the molecule is Cc1ccc(C#N)cc1S(=O)(=O)N1CC(C)NCC1C.Cl. The lowest BCUT2D eigenvalue weighted by Gasteiger charge is -2.36. The Labute approximate surface area is 132 Å². The highest BCUT2D eigenvalue weighted by Gasteiger charge is 2.34. The first-order valence-corrected chi connectivity index (χ1v) is 8.06. The first-order chi connectivity index (χ1) is 9.36. The molecule has 0 saturated carbocycles. The number of nitrogens with zero attached hydrogens (tertiary/aromatic N) is 2. The van der Waals surface area contributed by atoms with E-state index in [0.29, 0.717) is 24.2 Å². The van der Waals surface area contributed by atoms with Crippen LogP contribution < -0.4 is 5.32 Å². The van der Waals surface area contributed by atoms with Crippen LogP contribution in [-0.2, 0) is 10.0 Å². The summed E-state index contributed by atoms with van der Waals surface area (Å²) >= 11 is 0. The number of piperazine rings is 1. The topological polar surface area (TPSA) is 73.2 Å². The van der Waals surface area contributed by atoms with Gasteiger partial charge >= 0.3 is 0 Å².